The number of aromatic amines is 1. The van der Waals surface area contributed by atoms with E-state index >= 15 is 0 Å². The minimum Gasteiger partial charge on any atom is -0.339 e. The minimum atomic E-state index is -0.714. The average molecular weight is 325 g/mol. The number of carbonyl (C=O) groups is 1. The first-order valence-electron chi connectivity index (χ1n) is 6.83. The fraction of sp³-hybridized carbons (Fsp3) is 0. The van der Waals surface area contributed by atoms with E-state index in [1.165, 1.54) is 18.2 Å². The summed E-state index contributed by atoms with van der Waals surface area (Å²) in [6.07, 6.45) is 2.41. The van der Waals surface area contributed by atoms with Crippen LogP contribution in [0.4, 0.5) is 11.4 Å². The molecule has 0 unspecified atom stereocenters. The second-order valence-electron chi connectivity index (χ2n) is 4.69. The third-order valence-corrected chi connectivity index (χ3v) is 3.15. The molecule has 0 saturated heterocycles. The molecule has 3 aromatic rings. The highest BCUT2D eigenvalue weighted by atomic mass is 16.7. The Labute approximate surface area is 135 Å². The standard InChI is InChI=1S/C15H11N5O4/c21-14(9-8-10-4-1-2-7-13(10)20(22)23)24-18-12-6-3-5-11-15(12)17-19-16-11/h1-9,18H,(H,16,17,19). The number of nitro benzene ring substituents is 1. The zero-order valence-corrected chi connectivity index (χ0v) is 12.2. The van der Waals surface area contributed by atoms with Crippen molar-refractivity contribution in [1.82, 2.24) is 15.4 Å². The van der Waals surface area contributed by atoms with Gasteiger partial charge in [-0.15, -0.1) is 5.10 Å². The summed E-state index contributed by atoms with van der Waals surface area (Å²) in [4.78, 5) is 27.0. The molecule has 0 radical (unpaired) electrons. The van der Waals surface area contributed by atoms with Gasteiger partial charge < -0.3 is 4.84 Å². The fourth-order valence-electron chi connectivity index (χ4n) is 2.04. The third-order valence-electron chi connectivity index (χ3n) is 3.15. The molecule has 1 heterocycles. The van der Waals surface area contributed by atoms with Gasteiger partial charge in [0.1, 0.15) is 11.2 Å². The van der Waals surface area contributed by atoms with Gasteiger partial charge in [0.25, 0.3) is 5.69 Å². The van der Waals surface area contributed by atoms with Crippen molar-refractivity contribution in [3.05, 3.63) is 64.2 Å². The second kappa shape index (κ2) is 6.57. The molecule has 24 heavy (non-hydrogen) atoms. The van der Waals surface area contributed by atoms with Crippen LogP contribution in [0.2, 0.25) is 0 Å². The van der Waals surface area contributed by atoms with E-state index < -0.39 is 10.9 Å². The Hall–Kier alpha value is -3.75. The molecule has 0 aliphatic carbocycles. The molecule has 9 nitrogen and oxygen atoms in total. The first-order chi connectivity index (χ1) is 11.6. The molecule has 0 fully saturated rings. The Balaban J connectivity index is 1.68. The van der Waals surface area contributed by atoms with Gasteiger partial charge >= 0.3 is 5.97 Å². The summed E-state index contributed by atoms with van der Waals surface area (Å²) in [5.41, 5.74) is 4.37. The minimum absolute atomic E-state index is 0.0955. The van der Waals surface area contributed by atoms with E-state index in [4.69, 9.17) is 4.84 Å². The Morgan fingerprint density at radius 3 is 2.92 bits per heavy atom. The average Bonchev–Trinajstić information content (AvgIpc) is 3.07. The fourth-order valence-corrected chi connectivity index (χ4v) is 2.04. The van der Waals surface area contributed by atoms with Gasteiger partial charge in [-0.3, -0.25) is 15.2 Å². The molecule has 1 aromatic heterocycles. The number of hydrogen-bond donors (Lipinski definition) is 2. The van der Waals surface area contributed by atoms with E-state index in [1.807, 2.05) is 0 Å². The van der Waals surface area contributed by atoms with E-state index in [9.17, 15) is 14.9 Å². The van der Waals surface area contributed by atoms with Gasteiger partial charge in [0.2, 0.25) is 0 Å². The molecule has 0 aliphatic heterocycles. The number of H-pyrrole nitrogens is 1. The molecule has 2 aromatic carbocycles. The van der Waals surface area contributed by atoms with Gasteiger partial charge in [-0.2, -0.15) is 0 Å². The zero-order chi connectivity index (χ0) is 16.9. The number of para-hydroxylation sites is 1. The van der Waals surface area contributed by atoms with Gasteiger partial charge in [-0.25, -0.2) is 10.3 Å². The smallest absolute Gasteiger partial charge is 0.339 e. The van der Waals surface area contributed by atoms with Gasteiger partial charge in [-0.05, 0) is 24.3 Å². The number of nitrogens with zero attached hydrogens (tertiary/aromatic N) is 3. The third kappa shape index (κ3) is 3.19. The molecule has 0 aliphatic rings. The van der Waals surface area contributed by atoms with E-state index in [-0.39, 0.29) is 5.69 Å². The van der Waals surface area contributed by atoms with Crippen LogP contribution in [0.25, 0.3) is 17.1 Å². The van der Waals surface area contributed by atoms with Crippen LogP contribution < -0.4 is 5.48 Å². The van der Waals surface area contributed by atoms with Crippen LogP contribution >= 0.6 is 0 Å². The van der Waals surface area contributed by atoms with Gasteiger partial charge in [-0.1, -0.05) is 23.4 Å². The molecule has 120 valence electrons. The van der Waals surface area contributed by atoms with Crippen LogP contribution in [0.5, 0.6) is 0 Å². The topological polar surface area (TPSA) is 123 Å². The Morgan fingerprint density at radius 2 is 2.08 bits per heavy atom. The van der Waals surface area contributed by atoms with Crippen LogP contribution in [0, 0.1) is 10.1 Å². The number of hydrogen-bond acceptors (Lipinski definition) is 7. The number of rotatable bonds is 5. The first-order valence-corrected chi connectivity index (χ1v) is 6.83. The van der Waals surface area contributed by atoms with E-state index in [0.29, 0.717) is 22.3 Å². The molecule has 0 spiro atoms. The van der Waals surface area contributed by atoms with Crippen molar-refractivity contribution >= 4 is 34.5 Å². The van der Waals surface area contributed by atoms with Crippen molar-refractivity contribution in [3.63, 3.8) is 0 Å². The summed E-state index contributed by atoms with van der Waals surface area (Å²) in [6.45, 7) is 0. The quantitative estimate of drug-likeness (QED) is 0.419. The lowest BCUT2D eigenvalue weighted by atomic mass is 10.1. The SMILES string of the molecule is O=C(C=Cc1ccccc1[N+](=O)[O-])ONc1cccc2[nH]nnc12. The number of aromatic nitrogens is 3. The Morgan fingerprint density at radius 1 is 1.25 bits per heavy atom. The van der Waals surface area contributed by atoms with Crippen LogP contribution in [0.15, 0.2) is 48.5 Å². The molecule has 0 amide bonds. The monoisotopic (exact) mass is 325 g/mol. The second-order valence-corrected chi connectivity index (χ2v) is 4.69. The number of nitro groups is 1. The highest BCUT2D eigenvalue weighted by Crippen LogP contribution is 2.20. The normalized spacial score (nSPS) is 10.8. The summed E-state index contributed by atoms with van der Waals surface area (Å²) in [6, 6.07) is 11.3. The summed E-state index contributed by atoms with van der Waals surface area (Å²) in [7, 11) is 0. The maximum Gasteiger partial charge on any atom is 0.355 e. The van der Waals surface area contributed by atoms with Crippen LogP contribution in [0.1, 0.15) is 5.56 Å². The highest BCUT2D eigenvalue weighted by Gasteiger charge is 2.10. The predicted octanol–water partition coefficient (Wildman–Crippen LogP) is 2.45. The highest BCUT2D eigenvalue weighted by molar-refractivity contribution is 5.90. The van der Waals surface area contributed by atoms with Gasteiger partial charge in [0, 0.05) is 12.1 Å². The molecule has 0 bridgehead atoms. The summed E-state index contributed by atoms with van der Waals surface area (Å²) in [5, 5.41) is 21.1. The summed E-state index contributed by atoms with van der Waals surface area (Å²) < 4.78 is 0. The van der Waals surface area contributed by atoms with Crippen molar-refractivity contribution in [2.45, 2.75) is 0 Å². The van der Waals surface area contributed by atoms with Gasteiger partial charge in [0.15, 0.2) is 0 Å². The molecule has 9 heteroatoms. The van der Waals surface area contributed by atoms with Crippen LogP contribution in [-0.4, -0.2) is 26.3 Å². The summed E-state index contributed by atoms with van der Waals surface area (Å²) in [5.74, 6) is -0.714. The molecular formula is C15H11N5O4. The zero-order valence-electron chi connectivity index (χ0n) is 12.2. The number of anilines is 1. The van der Waals surface area contributed by atoms with Crippen molar-refractivity contribution in [3.8, 4) is 0 Å². The van der Waals surface area contributed by atoms with E-state index in [2.05, 4.69) is 20.9 Å². The van der Waals surface area contributed by atoms with Crippen LogP contribution in [-0.2, 0) is 9.63 Å². The maximum absolute atomic E-state index is 11.8. The molecule has 0 saturated carbocycles. The Kier molecular flexibility index (Phi) is 4.15. The molecule has 0 atom stereocenters. The first kappa shape index (κ1) is 15.2. The van der Waals surface area contributed by atoms with Crippen LogP contribution in [0.3, 0.4) is 0 Å². The maximum atomic E-state index is 11.8. The molecule has 2 N–H and O–H groups in total. The van der Waals surface area contributed by atoms with Crippen molar-refractivity contribution in [2.75, 3.05) is 5.48 Å². The van der Waals surface area contributed by atoms with Crippen molar-refractivity contribution < 1.29 is 14.6 Å². The number of nitrogens with one attached hydrogen (secondary N) is 2. The Bertz CT molecular complexity index is 934. The van der Waals surface area contributed by atoms with E-state index in [1.54, 1.807) is 30.3 Å². The van der Waals surface area contributed by atoms with Gasteiger partial charge in [0.05, 0.1) is 16.0 Å². The predicted molar refractivity (Wildman–Crippen MR) is 85.7 cm³/mol. The molecular weight excluding hydrogens is 314 g/mol. The largest absolute Gasteiger partial charge is 0.355 e. The lowest BCUT2D eigenvalue weighted by Gasteiger charge is -2.04. The number of benzene rings is 2. The number of fused-ring (bicyclic) bond motifs is 1. The van der Waals surface area contributed by atoms with Crippen molar-refractivity contribution in [1.29, 1.82) is 0 Å². The lowest BCUT2D eigenvalue weighted by molar-refractivity contribution is -0.385. The van der Waals surface area contributed by atoms with Crippen molar-refractivity contribution in [2.24, 2.45) is 0 Å². The molecule has 3 rings (SSSR count). The lowest BCUT2D eigenvalue weighted by Crippen LogP contribution is -2.08. The summed E-state index contributed by atoms with van der Waals surface area (Å²) >= 11 is 0. The number of carbonyl (C=O) groups excluding carboxylic acids is 1. The van der Waals surface area contributed by atoms with E-state index in [0.717, 1.165) is 6.08 Å².